The summed E-state index contributed by atoms with van der Waals surface area (Å²) in [4.78, 5) is 31.1. The molecule has 0 radical (unpaired) electrons. The normalized spacial score (nSPS) is 11.9. The second-order valence-corrected chi connectivity index (χ2v) is 9.31. The fourth-order valence-corrected chi connectivity index (χ4v) is 5.04. The molecule has 31 heavy (non-hydrogen) atoms. The van der Waals surface area contributed by atoms with Gasteiger partial charge in [0.1, 0.15) is 16.0 Å². The summed E-state index contributed by atoms with van der Waals surface area (Å²) in [6.45, 7) is 4.92. The Balaban J connectivity index is 1.93. The van der Waals surface area contributed by atoms with Crippen LogP contribution in [0, 0.1) is 6.92 Å². The SMILES string of the molecule is Cc1c(-c2ncco2)sc2c(CCc3ccccc3Cl)cc(C(C)(C)C(=O)O)c(=O)n12. The average molecular weight is 457 g/mol. The molecule has 4 rings (SSSR count). The van der Waals surface area contributed by atoms with Gasteiger partial charge in [0.25, 0.3) is 5.56 Å². The lowest BCUT2D eigenvalue weighted by Gasteiger charge is -2.20. The number of pyridine rings is 1. The van der Waals surface area contributed by atoms with Gasteiger partial charge in [0.2, 0.25) is 5.89 Å². The van der Waals surface area contributed by atoms with E-state index in [9.17, 15) is 14.7 Å². The molecule has 3 aromatic heterocycles. The highest BCUT2D eigenvalue weighted by Crippen LogP contribution is 2.35. The number of thiazole rings is 1. The number of aliphatic carboxylic acids is 1. The first kappa shape index (κ1) is 21.3. The Morgan fingerprint density at radius 1 is 1.26 bits per heavy atom. The number of hydrogen-bond donors (Lipinski definition) is 1. The minimum atomic E-state index is -1.34. The molecule has 1 aromatic carbocycles. The third-order valence-corrected chi connectivity index (χ3v) is 7.23. The van der Waals surface area contributed by atoms with E-state index in [2.05, 4.69) is 4.98 Å². The molecule has 8 heteroatoms. The van der Waals surface area contributed by atoms with Gasteiger partial charge in [0.15, 0.2) is 0 Å². The lowest BCUT2D eigenvalue weighted by molar-refractivity contribution is -0.142. The van der Waals surface area contributed by atoms with Crippen LogP contribution in [0.3, 0.4) is 0 Å². The van der Waals surface area contributed by atoms with Crippen LogP contribution < -0.4 is 5.56 Å². The zero-order valence-corrected chi connectivity index (χ0v) is 18.9. The van der Waals surface area contributed by atoms with Crippen LogP contribution in [0.25, 0.3) is 15.6 Å². The number of benzene rings is 1. The highest BCUT2D eigenvalue weighted by atomic mass is 35.5. The molecule has 0 fully saturated rings. The number of aromatic nitrogens is 2. The van der Waals surface area contributed by atoms with Gasteiger partial charge in [-0.1, -0.05) is 29.8 Å². The highest BCUT2D eigenvalue weighted by molar-refractivity contribution is 7.21. The molecule has 160 valence electrons. The van der Waals surface area contributed by atoms with Crippen LogP contribution in [0.5, 0.6) is 0 Å². The third-order valence-electron chi connectivity index (χ3n) is 5.55. The van der Waals surface area contributed by atoms with Crippen LogP contribution in [0.2, 0.25) is 5.02 Å². The van der Waals surface area contributed by atoms with Crippen LogP contribution >= 0.6 is 22.9 Å². The molecule has 0 atom stereocenters. The van der Waals surface area contributed by atoms with Gasteiger partial charge in [-0.25, -0.2) is 4.98 Å². The van der Waals surface area contributed by atoms with Crippen molar-refractivity contribution in [2.24, 2.45) is 0 Å². The maximum atomic E-state index is 13.4. The van der Waals surface area contributed by atoms with Gasteiger partial charge in [-0.2, -0.15) is 0 Å². The topological polar surface area (TPSA) is 84.8 Å². The lowest BCUT2D eigenvalue weighted by atomic mass is 9.84. The summed E-state index contributed by atoms with van der Waals surface area (Å²) in [5.74, 6) is -0.621. The lowest BCUT2D eigenvalue weighted by Crippen LogP contribution is -2.36. The largest absolute Gasteiger partial charge is 0.481 e. The van der Waals surface area contributed by atoms with Crippen molar-refractivity contribution in [2.75, 3.05) is 0 Å². The molecule has 0 aliphatic rings. The van der Waals surface area contributed by atoms with E-state index in [-0.39, 0.29) is 11.1 Å². The van der Waals surface area contributed by atoms with E-state index < -0.39 is 11.4 Å². The Bertz CT molecular complexity index is 1340. The summed E-state index contributed by atoms with van der Waals surface area (Å²) in [5, 5.41) is 10.4. The standard InChI is InChI=1S/C23H21ClN2O4S/c1-13-18(19-25-10-11-30-19)31-21-15(9-8-14-6-4-5-7-17(14)24)12-16(20(27)26(13)21)23(2,3)22(28)29/h4-7,10-12H,8-9H2,1-3H3,(H,28,29). The number of fused-ring (bicyclic) bond motifs is 1. The number of carboxylic acids is 1. The average Bonchev–Trinajstić information content (AvgIpc) is 3.36. The minimum absolute atomic E-state index is 0.242. The van der Waals surface area contributed by atoms with Gasteiger partial charge in [-0.15, -0.1) is 11.3 Å². The van der Waals surface area contributed by atoms with Crippen LogP contribution in [-0.4, -0.2) is 20.5 Å². The van der Waals surface area contributed by atoms with Crippen LogP contribution in [0.4, 0.5) is 0 Å². The Labute approximate surface area is 187 Å². The Morgan fingerprint density at radius 3 is 2.61 bits per heavy atom. The molecule has 0 unspecified atom stereocenters. The third kappa shape index (κ3) is 3.68. The number of hydrogen-bond acceptors (Lipinski definition) is 5. The van der Waals surface area contributed by atoms with E-state index in [0.29, 0.717) is 29.4 Å². The van der Waals surface area contributed by atoms with Crippen LogP contribution in [0.15, 0.2) is 52.0 Å². The van der Waals surface area contributed by atoms with E-state index in [1.54, 1.807) is 30.5 Å². The first-order chi connectivity index (χ1) is 14.7. The Morgan fingerprint density at radius 2 is 1.97 bits per heavy atom. The summed E-state index contributed by atoms with van der Waals surface area (Å²) in [5.41, 5.74) is 1.12. The molecular formula is C23H21ClN2O4S. The highest BCUT2D eigenvalue weighted by Gasteiger charge is 2.34. The van der Waals surface area contributed by atoms with Crippen molar-refractivity contribution in [1.82, 2.24) is 9.38 Å². The summed E-state index contributed by atoms with van der Waals surface area (Å²) < 4.78 is 7.05. The Kier molecular flexibility index (Phi) is 5.49. The minimum Gasteiger partial charge on any atom is -0.481 e. The van der Waals surface area contributed by atoms with Crippen molar-refractivity contribution in [2.45, 2.75) is 39.0 Å². The predicted octanol–water partition coefficient (Wildman–Crippen LogP) is 5.13. The molecule has 0 aliphatic heterocycles. The molecule has 0 saturated carbocycles. The van der Waals surface area contributed by atoms with Gasteiger partial charge in [0, 0.05) is 16.3 Å². The van der Waals surface area contributed by atoms with Crippen molar-refractivity contribution in [3.63, 3.8) is 0 Å². The smallest absolute Gasteiger partial charge is 0.313 e. The molecule has 0 bridgehead atoms. The molecular weight excluding hydrogens is 436 g/mol. The van der Waals surface area contributed by atoms with Crippen molar-refractivity contribution >= 4 is 33.7 Å². The quantitative estimate of drug-likeness (QED) is 0.435. The summed E-state index contributed by atoms with van der Waals surface area (Å²) >= 11 is 7.74. The molecule has 4 aromatic rings. The van der Waals surface area contributed by atoms with Gasteiger partial charge in [-0.05, 0) is 56.9 Å². The monoisotopic (exact) mass is 456 g/mol. The van der Waals surface area contributed by atoms with E-state index in [1.807, 2.05) is 31.2 Å². The second kappa shape index (κ2) is 7.98. The van der Waals surface area contributed by atoms with Crippen molar-refractivity contribution < 1.29 is 14.3 Å². The summed E-state index contributed by atoms with van der Waals surface area (Å²) in [6.07, 6.45) is 4.30. The van der Waals surface area contributed by atoms with Crippen LogP contribution in [0.1, 0.15) is 36.2 Å². The summed E-state index contributed by atoms with van der Waals surface area (Å²) in [7, 11) is 0. The van der Waals surface area contributed by atoms with Gasteiger partial charge < -0.3 is 9.52 Å². The van der Waals surface area contributed by atoms with E-state index in [4.69, 9.17) is 16.0 Å². The number of aryl methyl sites for hydroxylation is 3. The molecule has 0 saturated heterocycles. The molecule has 0 aliphatic carbocycles. The fourth-order valence-electron chi connectivity index (χ4n) is 3.59. The zero-order valence-electron chi connectivity index (χ0n) is 17.3. The first-order valence-corrected chi connectivity index (χ1v) is 11.0. The second-order valence-electron chi connectivity index (χ2n) is 7.90. The number of nitrogens with zero attached hydrogens (tertiary/aromatic N) is 2. The summed E-state index contributed by atoms with van der Waals surface area (Å²) in [6, 6.07) is 9.36. The van der Waals surface area contributed by atoms with Crippen molar-refractivity contribution in [3.05, 3.63) is 80.6 Å². The van der Waals surface area contributed by atoms with Gasteiger partial charge in [-0.3, -0.25) is 14.0 Å². The molecule has 0 spiro atoms. The fraction of sp³-hybridized carbons (Fsp3) is 0.261. The van der Waals surface area contributed by atoms with Crippen LogP contribution in [-0.2, 0) is 23.1 Å². The molecule has 1 N–H and O–H groups in total. The molecule has 3 heterocycles. The maximum absolute atomic E-state index is 13.4. The maximum Gasteiger partial charge on any atom is 0.313 e. The molecule has 0 amide bonds. The predicted molar refractivity (Wildman–Crippen MR) is 121 cm³/mol. The first-order valence-electron chi connectivity index (χ1n) is 9.77. The van der Waals surface area contributed by atoms with Crippen molar-refractivity contribution in [3.8, 4) is 10.8 Å². The molecule has 6 nitrogen and oxygen atoms in total. The van der Waals surface area contributed by atoms with Gasteiger partial charge in [0.05, 0.1) is 11.6 Å². The number of rotatable bonds is 6. The zero-order chi connectivity index (χ0) is 22.3. The number of carbonyl (C=O) groups is 1. The van der Waals surface area contributed by atoms with Gasteiger partial charge >= 0.3 is 5.97 Å². The number of carboxylic acid groups (broad SMARTS) is 1. The van der Waals surface area contributed by atoms with E-state index in [0.717, 1.165) is 20.8 Å². The number of oxazole rings is 1. The van der Waals surface area contributed by atoms with E-state index >= 15 is 0 Å². The van der Waals surface area contributed by atoms with Crippen molar-refractivity contribution in [1.29, 1.82) is 0 Å². The number of halogens is 1. The van der Waals surface area contributed by atoms with E-state index in [1.165, 1.54) is 17.6 Å². The Hall–Kier alpha value is -2.90.